The van der Waals surface area contributed by atoms with Gasteiger partial charge in [0, 0.05) is 32.7 Å². The molecule has 1 saturated heterocycles. The molecule has 2 N–H and O–H groups in total. The Balaban J connectivity index is 1.16. The van der Waals surface area contributed by atoms with Gasteiger partial charge in [-0.25, -0.2) is 5.10 Å². The molecule has 168 valence electrons. The van der Waals surface area contributed by atoms with E-state index in [1.165, 1.54) is 5.56 Å². The van der Waals surface area contributed by atoms with E-state index in [4.69, 9.17) is 13.9 Å². The zero-order chi connectivity index (χ0) is 22.2. The van der Waals surface area contributed by atoms with Crippen LogP contribution in [0.1, 0.15) is 17.0 Å². The first-order valence-electron chi connectivity index (χ1n) is 10.6. The second-order valence-corrected chi connectivity index (χ2v) is 8.16. The number of piperazine rings is 1. The quantitative estimate of drug-likeness (QED) is 0.617. The van der Waals surface area contributed by atoms with E-state index in [-0.39, 0.29) is 30.7 Å². The average Bonchev–Trinajstić information content (AvgIpc) is 3.36. The van der Waals surface area contributed by atoms with Crippen LogP contribution >= 0.6 is 0 Å². The fraction of sp³-hybridized carbons (Fsp3) is 0.409. The Morgan fingerprint density at radius 2 is 1.84 bits per heavy atom. The van der Waals surface area contributed by atoms with Crippen LogP contribution in [0.3, 0.4) is 0 Å². The van der Waals surface area contributed by atoms with E-state index in [9.17, 15) is 9.59 Å². The summed E-state index contributed by atoms with van der Waals surface area (Å²) in [4.78, 5) is 29.3. The summed E-state index contributed by atoms with van der Waals surface area (Å²) in [6.45, 7) is 8.15. The number of H-pyrrole nitrogens is 1. The number of aromatic amines is 1. The van der Waals surface area contributed by atoms with Crippen LogP contribution in [0.4, 0.5) is 5.88 Å². The van der Waals surface area contributed by atoms with Crippen molar-refractivity contribution in [3.63, 3.8) is 0 Å². The molecule has 0 aliphatic carbocycles. The molecule has 3 aromatic rings. The number of amides is 1. The average molecular weight is 439 g/mol. The molecule has 0 saturated carbocycles. The number of ether oxygens (including phenoxy) is 2. The summed E-state index contributed by atoms with van der Waals surface area (Å²) < 4.78 is 16.5. The van der Waals surface area contributed by atoms with E-state index >= 15 is 0 Å². The molecule has 1 aromatic carbocycles. The Hall–Kier alpha value is -3.37. The van der Waals surface area contributed by atoms with Gasteiger partial charge >= 0.3 is 0 Å². The number of fused-ring (bicyclic) bond motifs is 2. The highest BCUT2D eigenvalue weighted by molar-refractivity contribution is 6.01. The molecule has 0 unspecified atom stereocenters. The lowest BCUT2D eigenvalue weighted by Crippen LogP contribution is -2.48. The van der Waals surface area contributed by atoms with Crippen LogP contribution in [0.15, 0.2) is 27.4 Å². The lowest BCUT2D eigenvalue weighted by Gasteiger charge is -2.34. The van der Waals surface area contributed by atoms with Crippen molar-refractivity contribution in [2.45, 2.75) is 20.4 Å². The normalized spacial score (nSPS) is 16.6. The van der Waals surface area contributed by atoms with Crippen molar-refractivity contribution in [2.24, 2.45) is 0 Å². The van der Waals surface area contributed by atoms with E-state index < -0.39 is 0 Å². The van der Waals surface area contributed by atoms with Gasteiger partial charge in [0.15, 0.2) is 11.5 Å². The number of anilines is 1. The Morgan fingerprint density at radius 1 is 1.09 bits per heavy atom. The van der Waals surface area contributed by atoms with Gasteiger partial charge < -0.3 is 13.9 Å². The largest absolute Gasteiger partial charge is 0.454 e. The topological polar surface area (TPSA) is 113 Å². The minimum Gasteiger partial charge on any atom is -0.454 e. The molecule has 2 aliphatic heterocycles. The van der Waals surface area contributed by atoms with E-state index in [1.807, 2.05) is 12.1 Å². The number of benzene rings is 1. The second-order valence-electron chi connectivity index (χ2n) is 8.16. The third-order valence-corrected chi connectivity index (χ3v) is 5.93. The maximum absolute atomic E-state index is 12.6. The molecule has 2 aromatic heterocycles. The van der Waals surface area contributed by atoms with Crippen molar-refractivity contribution in [2.75, 3.05) is 44.8 Å². The number of nitrogens with zero attached hydrogens (tertiary/aromatic N) is 3. The minimum absolute atomic E-state index is 0.177. The lowest BCUT2D eigenvalue weighted by atomic mass is 10.1. The summed E-state index contributed by atoms with van der Waals surface area (Å²) in [5.41, 5.74) is 1.45. The summed E-state index contributed by atoms with van der Waals surface area (Å²) in [5, 5.41) is 10.1. The predicted molar refractivity (Wildman–Crippen MR) is 117 cm³/mol. The smallest absolute Gasteiger partial charge is 0.277 e. The number of furan rings is 1. The van der Waals surface area contributed by atoms with Gasteiger partial charge in [0.05, 0.1) is 17.6 Å². The zero-order valence-electron chi connectivity index (χ0n) is 18.1. The van der Waals surface area contributed by atoms with Gasteiger partial charge in [-0.05, 0) is 31.5 Å². The Labute approximate surface area is 184 Å². The summed E-state index contributed by atoms with van der Waals surface area (Å²) >= 11 is 0. The number of rotatable bonds is 5. The van der Waals surface area contributed by atoms with E-state index in [2.05, 4.69) is 31.4 Å². The molecule has 1 fully saturated rings. The minimum atomic E-state index is -0.380. The van der Waals surface area contributed by atoms with Gasteiger partial charge in [-0.15, -0.1) is 0 Å². The first-order valence-corrected chi connectivity index (χ1v) is 10.6. The van der Waals surface area contributed by atoms with E-state index in [1.54, 1.807) is 13.8 Å². The van der Waals surface area contributed by atoms with Gasteiger partial charge in [0.25, 0.3) is 5.56 Å². The SMILES string of the molecule is Cc1n[nH]c(=O)c2c(NC(=O)CN3CCN(Cc4ccc5c(c4)OCO5)CC3)oc(C)c12. The van der Waals surface area contributed by atoms with Gasteiger partial charge in [-0.3, -0.25) is 24.7 Å². The summed E-state index contributed by atoms with van der Waals surface area (Å²) in [5.74, 6) is 2.11. The molecule has 0 atom stereocenters. The molecule has 10 nitrogen and oxygen atoms in total. The number of hydrogen-bond donors (Lipinski definition) is 2. The van der Waals surface area contributed by atoms with Crippen LogP contribution in [-0.2, 0) is 11.3 Å². The van der Waals surface area contributed by atoms with Crippen LogP contribution in [0.25, 0.3) is 10.8 Å². The van der Waals surface area contributed by atoms with Crippen LogP contribution in [0.5, 0.6) is 11.5 Å². The van der Waals surface area contributed by atoms with Crippen molar-refractivity contribution >= 4 is 22.6 Å². The van der Waals surface area contributed by atoms with E-state index in [0.29, 0.717) is 22.2 Å². The Kier molecular flexibility index (Phi) is 5.32. The zero-order valence-corrected chi connectivity index (χ0v) is 18.1. The first kappa shape index (κ1) is 20.5. The molecule has 5 rings (SSSR count). The maximum atomic E-state index is 12.6. The van der Waals surface area contributed by atoms with Gasteiger partial charge in [0.1, 0.15) is 11.1 Å². The third kappa shape index (κ3) is 3.94. The number of carbonyl (C=O) groups is 1. The van der Waals surface area contributed by atoms with Gasteiger partial charge in [-0.1, -0.05) is 6.07 Å². The molecule has 4 heterocycles. The number of nitrogens with one attached hydrogen (secondary N) is 2. The molecule has 0 spiro atoms. The fourth-order valence-corrected chi connectivity index (χ4v) is 4.30. The van der Waals surface area contributed by atoms with Crippen LogP contribution in [0.2, 0.25) is 0 Å². The highest BCUT2D eigenvalue weighted by atomic mass is 16.7. The molecular formula is C22H25N5O5. The Bertz CT molecular complexity index is 1230. The maximum Gasteiger partial charge on any atom is 0.277 e. The number of carbonyl (C=O) groups excluding carboxylic acids is 1. The van der Waals surface area contributed by atoms with Crippen molar-refractivity contribution < 1.29 is 18.7 Å². The molecule has 2 aliphatic rings. The van der Waals surface area contributed by atoms with Crippen LogP contribution in [-0.4, -0.2) is 65.4 Å². The summed E-state index contributed by atoms with van der Waals surface area (Å²) in [7, 11) is 0. The number of aryl methyl sites for hydroxylation is 2. The first-order chi connectivity index (χ1) is 15.5. The van der Waals surface area contributed by atoms with Gasteiger partial charge in [0.2, 0.25) is 18.6 Å². The van der Waals surface area contributed by atoms with Gasteiger partial charge in [-0.2, -0.15) is 5.10 Å². The van der Waals surface area contributed by atoms with Crippen LogP contribution < -0.4 is 20.3 Å². The van der Waals surface area contributed by atoms with Crippen molar-refractivity contribution in [3.8, 4) is 11.5 Å². The Morgan fingerprint density at radius 3 is 2.66 bits per heavy atom. The predicted octanol–water partition coefficient (Wildman–Crippen LogP) is 1.62. The fourth-order valence-electron chi connectivity index (χ4n) is 4.30. The summed E-state index contributed by atoms with van der Waals surface area (Å²) in [6, 6.07) is 6.03. The molecule has 10 heteroatoms. The molecule has 1 amide bonds. The van der Waals surface area contributed by atoms with E-state index in [0.717, 1.165) is 44.2 Å². The number of hydrogen-bond acceptors (Lipinski definition) is 8. The van der Waals surface area contributed by atoms with Crippen molar-refractivity contribution in [3.05, 3.63) is 45.6 Å². The number of aromatic nitrogens is 2. The molecule has 32 heavy (non-hydrogen) atoms. The van der Waals surface area contributed by atoms with Crippen molar-refractivity contribution in [1.82, 2.24) is 20.0 Å². The lowest BCUT2D eigenvalue weighted by molar-refractivity contribution is -0.117. The highest BCUT2D eigenvalue weighted by Crippen LogP contribution is 2.33. The second kappa shape index (κ2) is 8.29. The van der Waals surface area contributed by atoms with Crippen LogP contribution in [0, 0.1) is 13.8 Å². The third-order valence-electron chi connectivity index (χ3n) is 5.93. The summed E-state index contributed by atoms with van der Waals surface area (Å²) in [6.07, 6.45) is 0. The monoisotopic (exact) mass is 439 g/mol. The standard InChI is InChI=1S/C22H25N5O5/c1-13-19-14(2)32-22(20(19)21(29)25-24-13)23-18(28)11-27-7-5-26(6-8-27)10-15-3-4-16-17(9-15)31-12-30-16/h3-4,9H,5-8,10-12H2,1-2H3,(H,23,28)(H,25,29). The molecule has 0 radical (unpaired) electrons. The molecular weight excluding hydrogens is 414 g/mol. The molecule has 0 bridgehead atoms. The van der Waals surface area contributed by atoms with Crippen molar-refractivity contribution in [1.29, 1.82) is 0 Å². The highest BCUT2D eigenvalue weighted by Gasteiger charge is 2.23.